The van der Waals surface area contributed by atoms with Crippen molar-refractivity contribution in [1.82, 2.24) is 5.32 Å². The molecule has 1 aromatic rings. The lowest BCUT2D eigenvalue weighted by Gasteiger charge is -2.18. The van der Waals surface area contributed by atoms with Crippen molar-refractivity contribution in [3.8, 4) is 0 Å². The molecular formula is C12H14ClFN2O3. The predicted molar refractivity (Wildman–Crippen MR) is 69.8 cm³/mol. The molecule has 0 radical (unpaired) electrons. The molecule has 0 aliphatic rings. The van der Waals surface area contributed by atoms with E-state index in [1.54, 1.807) is 13.8 Å². The molecule has 3 N–H and O–H groups in total. The third kappa shape index (κ3) is 4.10. The van der Waals surface area contributed by atoms with Crippen LogP contribution in [-0.2, 0) is 4.79 Å². The number of nitrogens with one attached hydrogen (secondary N) is 2. The topological polar surface area (TPSA) is 78.4 Å². The summed E-state index contributed by atoms with van der Waals surface area (Å²) in [7, 11) is 0. The summed E-state index contributed by atoms with van der Waals surface area (Å²) in [5.41, 5.74) is -0.113. The van der Waals surface area contributed by atoms with Gasteiger partial charge in [0.1, 0.15) is 6.04 Å². The smallest absolute Gasteiger partial charge is 0.326 e. The van der Waals surface area contributed by atoms with E-state index in [4.69, 9.17) is 16.7 Å². The molecule has 0 bridgehead atoms. The van der Waals surface area contributed by atoms with Gasteiger partial charge < -0.3 is 15.7 Å². The van der Waals surface area contributed by atoms with Crippen LogP contribution in [0.25, 0.3) is 0 Å². The lowest BCUT2D eigenvalue weighted by atomic mass is 10.1. The summed E-state index contributed by atoms with van der Waals surface area (Å²) in [4.78, 5) is 22.5. The van der Waals surface area contributed by atoms with Crippen molar-refractivity contribution in [3.05, 3.63) is 29.0 Å². The van der Waals surface area contributed by atoms with Crippen LogP contribution < -0.4 is 10.6 Å². The van der Waals surface area contributed by atoms with Crippen LogP contribution in [0.3, 0.4) is 0 Å². The fraction of sp³-hybridized carbons (Fsp3) is 0.333. The molecule has 0 saturated carbocycles. The van der Waals surface area contributed by atoms with Gasteiger partial charge in [-0.15, -0.1) is 0 Å². The second-order valence-electron chi connectivity index (χ2n) is 4.26. The van der Waals surface area contributed by atoms with E-state index >= 15 is 0 Å². The van der Waals surface area contributed by atoms with Gasteiger partial charge in [-0.3, -0.25) is 0 Å². The van der Waals surface area contributed by atoms with E-state index < -0.39 is 23.9 Å². The van der Waals surface area contributed by atoms with E-state index in [9.17, 15) is 14.0 Å². The Kier molecular flexibility index (Phi) is 5.11. The number of carbonyl (C=O) groups is 2. The van der Waals surface area contributed by atoms with Gasteiger partial charge in [-0.2, -0.15) is 0 Å². The minimum absolute atomic E-state index is 0.113. The van der Waals surface area contributed by atoms with E-state index in [-0.39, 0.29) is 16.6 Å². The predicted octanol–water partition coefficient (Wildman–Crippen LogP) is 2.71. The molecule has 7 heteroatoms. The number of carboxylic acids is 1. The van der Waals surface area contributed by atoms with Crippen LogP contribution in [0.4, 0.5) is 14.9 Å². The fourth-order valence-electron chi connectivity index (χ4n) is 1.41. The van der Waals surface area contributed by atoms with Crippen LogP contribution in [-0.4, -0.2) is 23.1 Å². The Morgan fingerprint density at radius 1 is 1.37 bits per heavy atom. The number of urea groups is 1. The number of rotatable bonds is 4. The molecule has 104 valence electrons. The third-order valence-electron chi connectivity index (χ3n) is 2.42. The fourth-order valence-corrected chi connectivity index (χ4v) is 1.59. The minimum atomic E-state index is -1.16. The highest BCUT2D eigenvalue weighted by Crippen LogP contribution is 2.21. The molecule has 0 spiro atoms. The highest BCUT2D eigenvalue weighted by molar-refractivity contribution is 6.31. The number of aliphatic carboxylic acids is 1. The second kappa shape index (κ2) is 6.38. The molecule has 1 atom stereocenters. The maximum Gasteiger partial charge on any atom is 0.326 e. The number of hydrogen-bond donors (Lipinski definition) is 3. The van der Waals surface area contributed by atoms with Gasteiger partial charge in [0, 0.05) is 0 Å². The number of carboxylic acid groups (broad SMARTS) is 1. The van der Waals surface area contributed by atoms with Crippen molar-refractivity contribution < 1.29 is 19.1 Å². The summed E-state index contributed by atoms with van der Waals surface area (Å²) in [6.45, 7) is 3.30. The van der Waals surface area contributed by atoms with Crippen LogP contribution >= 0.6 is 11.6 Å². The van der Waals surface area contributed by atoms with E-state index in [1.165, 1.54) is 18.2 Å². The molecule has 0 heterocycles. The number of benzene rings is 1. The Morgan fingerprint density at radius 3 is 2.53 bits per heavy atom. The summed E-state index contributed by atoms with van der Waals surface area (Å²) in [5.74, 6) is -2.22. The minimum Gasteiger partial charge on any atom is -0.480 e. The Bertz CT molecular complexity index is 494. The Balaban J connectivity index is 2.75. The van der Waals surface area contributed by atoms with Gasteiger partial charge in [0.15, 0.2) is 5.82 Å². The lowest BCUT2D eigenvalue weighted by Crippen LogP contribution is -2.46. The average Bonchev–Trinajstić information content (AvgIpc) is 2.31. The SMILES string of the molecule is CC(C)C(NC(=O)Nc1cccc(Cl)c1F)C(=O)O. The van der Waals surface area contributed by atoms with Gasteiger partial charge in [0.05, 0.1) is 10.7 Å². The molecule has 2 amide bonds. The van der Waals surface area contributed by atoms with Gasteiger partial charge in [0.25, 0.3) is 0 Å². The average molecular weight is 289 g/mol. The summed E-state index contributed by atoms with van der Waals surface area (Å²) in [6, 6.07) is 2.28. The standard InChI is InChI=1S/C12H14ClFN2O3/c1-6(2)10(11(17)18)16-12(19)15-8-5-3-4-7(13)9(8)14/h3-6,10H,1-2H3,(H,17,18)(H2,15,16,19). The third-order valence-corrected chi connectivity index (χ3v) is 2.71. The molecule has 19 heavy (non-hydrogen) atoms. The highest BCUT2D eigenvalue weighted by Gasteiger charge is 2.23. The molecule has 1 rings (SSSR count). The summed E-state index contributed by atoms with van der Waals surface area (Å²) in [5, 5.41) is 13.3. The second-order valence-corrected chi connectivity index (χ2v) is 4.67. The van der Waals surface area contributed by atoms with Crippen molar-refractivity contribution in [2.75, 3.05) is 5.32 Å². The number of anilines is 1. The van der Waals surface area contributed by atoms with Crippen molar-refractivity contribution in [1.29, 1.82) is 0 Å². The maximum absolute atomic E-state index is 13.5. The zero-order valence-electron chi connectivity index (χ0n) is 10.4. The number of carbonyl (C=O) groups excluding carboxylic acids is 1. The molecule has 0 fully saturated rings. The Labute approximate surface area is 114 Å². The normalized spacial score (nSPS) is 12.1. The highest BCUT2D eigenvalue weighted by atomic mass is 35.5. The van der Waals surface area contributed by atoms with Crippen LogP contribution in [0, 0.1) is 11.7 Å². The Morgan fingerprint density at radius 2 is 2.00 bits per heavy atom. The van der Waals surface area contributed by atoms with Gasteiger partial charge in [-0.05, 0) is 18.1 Å². The van der Waals surface area contributed by atoms with Crippen molar-refractivity contribution >= 4 is 29.3 Å². The monoisotopic (exact) mass is 288 g/mol. The van der Waals surface area contributed by atoms with Crippen molar-refractivity contribution in [2.45, 2.75) is 19.9 Å². The molecule has 0 aliphatic heterocycles. The largest absolute Gasteiger partial charge is 0.480 e. The van der Waals surface area contributed by atoms with Crippen molar-refractivity contribution in [2.24, 2.45) is 5.92 Å². The number of hydrogen-bond acceptors (Lipinski definition) is 2. The van der Waals surface area contributed by atoms with Crippen molar-refractivity contribution in [3.63, 3.8) is 0 Å². The zero-order chi connectivity index (χ0) is 14.6. The molecule has 1 aromatic carbocycles. The Hall–Kier alpha value is -1.82. The number of amides is 2. The first kappa shape index (κ1) is 15.2. The van der Waals surface area contributed by atoms with Crippen LogP contribution in [0.2, 0.25) is 5.02 Å². The van der Waals surface area contributed by atoms with Gasteiger partial charge >= 0.3 is 12.0 Å². The maximum atomic E-state index is 13.5. The van der Waals surface area contributed by atoms with E-state index in [0.29, 0.717) is 0 Å². The zero-order valence-corrected chi connectivity index (χ0v) is 11.2. The van der Waals surface area contributed by atoms with Gasteiger partial charge in [-0.25, -0.2) is 14.0 Å². The van der Waals surface area contributed by atoms with Gasteiger partial charge in [-0.1, -0.05) is 31.5 Å². The van der Waals surface area contributed by atoms with E-state index in [2.05, 4.69) is 10.6 Å². The van der Waals surface area contributed by atoms with Crippen LogP contribution in [0.15, 0.2) is 18.2 Å². The number of halogens is 2. The molecule has 0 saturated heterocycles. The summed E-state index contributed by atoms with van der Waals surface area (Å²) < 4.78 is 13.5. The first-order valence-electron chi connectivity index (χ1n) is 5.57. The molecule has 0 aliphatic carbocycles. The molecule has 1 unspecified atom stereocenters. The van der Waals surface area contributed by atoms with E-state index in [1.807, 2.05) is 0 Å². The van der Waals surface area contributed by atoms with Gasteiger partial charge in [0.2, 0.25) is 0 Å². The van der Waals surface area contributed by atoms with E-state index in [0.717, 1.165) is 0 Å². The van der Waals surface area contributed by atoms with Crippen LogP contribution in [0.1, 0.15) is 13.8 Å². The first-order chi connectivity index (χ1) is 8.82. The summed E-state index contributed by atoms with van der Waals surface area (Å²) >= 11 is 5.56. The molecule has 0 aromatic heterocycles. The molecular weight excluding hydrogens is 275 g/mol. The summed E-state index contributed by atoms with van der Waals surface area (Å²) in [6.07, 6.45) is 0. The van der Waals surface area contributed by atoms with Crippen LogP contribution in [0.5, 0.6) is 0 Å². The quantitative estimate of drug-likeness (QED) is 0.797. The lowest BCUT2D eigenvalue weighted by molar-refractivity contribution is -0.140. The first-order valence-corrected chi connectivity index (χ1v) is 5.95. The molecule has 5 nitrogen and oxygen atoms in total.